The molecule has 31 heavy (non-hydrogen) atoms. The lowest BCUT2D eigenvalue weighted by Crippen LogP contribution is -2.45. The Morgan fingerprint density at radius 1 is 1.03 bits per heavy atom. The minimum absolute atomic E-state index is 0.0403. The molecule has 2 aromatic rings. The third-order valence-corrected chi connectivity index (χ3v) is 7.10. The third kappa shape index (κ3) is 4.40. The normalized spacial score (nSPS) is 20.2. The summed E-state index contributed by atoms with van der Waals surface area (Å²) in [6.45, 7) is 2.96. The first kappa shape index (κ1) is 23.1. The summed E-state index contributed by atoms with van der Waals surface area (Å²) in [5, 5.41) is 0. The van der Waals surface area contributed by atoms with E-state index in [0.29, 0.717) is 4.90 Å². The van der Waals surface area contributed by atoms with Gasteiger partial charge in [-0.25, -0.2) is 8.42 Å². The van der Waals surface area contributed by atoms with Crippen molar-refractivity contribution in [3.8, 4) is 0 Å². The van der Waals surface area contributed by atoms with E-state index in [4.69, 9.17) is 0 Å². The molecule has 0 saturated carbocycles. The predicted molar refractivity (Wildman–Crippen MR) is 111 cm³/mol. The molecular formula is C21H24F3N3O3S. The number of alkyl halides is 3. The molecule has 3 rings (SSSR count). The number of carbonyl (C=O) groups is 1. The standard InChI is InChI=1S/C21H24F3N3O3S/c1-14-5-11-18(12-6-14)31(29,30)26-13-15(2)27(20(28)21(22,23)24)19(26)16-7-9-17(10-8-16)25(3)4/h5-12,15,19H,13H2,1-4H3/t15-,19-/m0/s1. The van der Waals surface area contributed by atoms with Crippen LogP contribution in [-0.2, 0) is 14.8 Å². The predicted octanol–water partition coefficient (Wildman–Crippen LogP) is 3.54. The van der Waals surface area contributed by atoms with E-state index >= 15 is 0 Å². The second kappa shape index (κ2) is 8.16. The van der Waals surface area contributed by atoms with Gasteiger partial charge in [0.15, 0.2) is 0 Å². The lowest BCUT2D eigenvalue weighted by molar-refractivity contribution is -0.189. The molecule has 0 spiro atoms. The van der Waals surface area contributed by atoms with E-state index in [0.717, 1.165) is 15.6 Å². The van der Waals surface area contributed by atoms with Gasteiger partial charge in [-0.15, -0.1) is 0 Å². The van der Waals surface area contributed by atoms with Crippen molar-refractivity contribution in [3.63, 3.8) is 0 Å². The summed E-state index contributed by atoms with van der Waals surface area (Å²) < 4.78 is 67.8. The molecule has 1 aliphatic rings. The van der Waals surface area contributed by atoms with Gasteiger partial charge in [0, 0.05) is 32.4 Å². The van der Waals surface area contributed by atoms with Gasteiger partial charge in [0.25, 0.3) is 0 Å². The zero-order valence-corrected chi connectivity index (χ0v) is 18.4. The first-order valence-corrected chi connectivity index (χ1v) is 11.0. The molecule has 0 radical (unpaired) electrons. The highest BCUT2D eigenvalue weighted by Gasteiger charge is 2.53. The summed E-state index contributed by atoms with van der Waals surface area (Å²) in [6, 6.07) is 11.5. The van der Waals surface area contributed by atoms with Crippen LogP contribution >= 0.6 is 0 Å². The SMILES string of the molecule is Cc1ccc(S(=O)(=O)N2C[C@H](C)N(C(=O)C(F)(F)F)[C@H]2c2ccc(N(C)C)cc2)cc1. The van der Waals surface area contributed by atoms with Crippen molar-refractivity contribution in [2.75, 3.05) is 25.5 Å². The number of hydrogen-bond donors (Lipinski definition) is 0. The van der Waals surface area contributed by atoms with Gasteiger partial charge >= 0.3 is 12.1 Å². The van der Waals surface area contributed by atoms with Gasteiger partial charge in [0.2, 0.25) is 10.0 Å². The number of aryl methyl sites for hydroxylation is 1. The molecule has 2 atom stereocenters. The summed E-state index contributed by atoms with van der Waals surface area (Å²) in [5.74, 6) is -2.07. The molecule has 1 fully saturated rings. The number of amides is 1. The Hall–Kier alpha value is -2.59. The van der Waals surface area contributed by atoms with Gasteiger partial charge < -0.3 is 9.80 Å². The van der Waals surface area contributed by atoms with E-state index in [9.17, 15) is 26.4 Å². The highest BCUT2D eigenvalue weighted by atomic mass is 32.2. The number of rotatable bonds is 4. The molecule has 1 amide bonds. The third-order valence-electron chi connectivity index (χ3n) is 5.27. The number of hydrogen-bond acceptors (Lipinski definition) is 4. The van der Waals surface area contributed by atoms with Crippen LogP contribution < -0.4 is 4.90 Å². The maximum Gasteiger partial charge on any atom is 0.471 e. The monoisotopic (exact) mass is 455 g/mol. The second-order valence-corrected chi connectivity index (χ2v) is 9.70. The van der Waals surface area contributed by atoms with Crippen LogP contribution in [0.4, 0.5) is 18.9 Å². The number of benzene rings is 2. The number of halogens is 3. The van der Waals surface area contributed by atoms with Gasteiger partial charge in [-0.2, -0.15) is 17.5 Å². The molecule has 0 aliphatic carbocycles. The van der Waals surface area contributed by atoms with Crippen molar-refractivity contribution < 1.29 is 26.4 Å². The highest BCUT2D eigenvalue weighted by Crippen LogP contribution is 2.40. The van der Waals surface area contributed by atoms with E-state index in [1.54, 1.807) is 62.3 Å². The fraction of sp³-hybridized carbons (Fsp3) is 0.381. The van der Waals surface area contributed by atoms with Gasteiger partial charge in [-0.3, -0.25) is 4.79 Å². The highest BCUT2D eigenvalue weighted by molar-refractivity contribution is 7.89. The Morgan fingerprint density at radius 2 is 1.58 bits per heavy atom. The number of sulfonamides is 1. The number of nitrogens with zero attached hydrogens (tertiary/aromatic N) is 3. The molecule has 10 heteroatoms. The van der Waals surface area contributed by atoms with Crippen molar-refractivity contribution in [1.29, 1.82) is 0 Å². The fourth-order valence-corrected chi connectivity index (χ4v) is 5.28. The average Bonchev–Trinajstić information content (AvgIpc) is 3.04. The molecule has 1 aliphatic heterocycles. The van der Waals surface area contributed by atoms with Crippen molar-refractivity contribution >= 4 is 21.6 Å². The van der Waals surface area contributed by atoms with Crippen LogP contribution in [0.25, 0.3) is 0 Å². The maximum atomic E-state index is 13.4. The van der Waals surface area contributed by atoms with E-state index in [1.807, 2.05) is 0 Å². The van der Waals surface area contributed by atoms with Crippen LogP contribution in [0.2, 0.25) is 0 Å². The van der Waals surface area contributed by atoms with Crippen LogP contribution in [0.5, 0.6) is 0 Å². The molecule has 1 saturated heterocycles. The molecule has 0 aromatic heterocycles. The van der Waals surface area contributed by atoms with Crippen molar-refractivity contribution in [2.45, 2.75) is 37.1 Å². The quantitative estimate of drug-likeness (QED) is 0.708. The van der Waals surface area contributed by atoms with Crippen LogP contribution in [0.15, 0.2) is 53.4 Å². The first-order valence-electron chi connectivity index (χ1n) is 9.59. The van der Waals surface area contributed by atoms with Crippen molar-refractivity contribution in [3.05, 3.63) is 59.7 Å². The van der Waals surface area contributed by atoms with Crippen LogP contribution in [-0.4, -0.2) is 56.4 Å². The lowest BCUT2D eigenvalue weighted by Gasteiger charge is -2.32. The summed E-state index contributed by atoms with van der Waals surface area (Å²) in [6.07, 6.45) is -6.54. The summed E-state index contributed by atoms with van der Waals surface area (Å²) in [5.41, 5.74) is 1.91. The largest absolute Gasteiger partial charge is 0.471 e. The Labute approximate surface area is 179 Å². The topological polar surface area (TPSA) is 60.9 Å². The zero-order valence-electron chi connectivity index (χ0n) is 17.6. The second-order valence-electron chi connectivity index (χ2n) is 7.81. The van der Waals surface area contributed by atoms with Crippen LogP contribution in [0.1, 0.15) is 24.2 Å². The van der Waals surface area contributed by atoms with E-state index in [1.165, 1.54) is 19.1 Å². The zero-order chi connectivity index (χ0) is 23.1. The van der Waals surface area contributed by atoms with Crippen molar-refractivity contribution in [1.82, 2.24) is 9.21 Å². The Kier molecular flexibility index (Phi) is 6.07. The smallest absolute Gasteiger partial charge is 0.378 e. The van der Waals surface area contributed by atoms with E-state index < -0.39 is 34.3 Å². The van der Waals surface area contributed by atoms with Gasteiger partial charge in [0.1, 0.15) is 6.17 Å². The van der Waals surface area contributed by atoms with E-state index in [-0.39, 0.29) is 17.0 Å². The Bertz CT molecular complexity index is 1050. The minimum atomic E-state index is -5.13. The van der Waals surface area contributed by atoms with Gasteiger partial charge in [-0.05, 0) is 43.7 Å². The van der Waals surface area contributed by atoms with E-state index in [2.05, 4.69) is 0 Å². The summed E-state index contributed by atoms with van der Waals surface area (Å²) in [4.78, 5) is 14.6. The van der Waals surface area contributed by atoms with Crippen LogP contribution in [0, 0.1) is 6.92 Å². The Morgan fingerprint density at radius 3 is 2.06 bits per heavy atom. The molecule has 0 N–H and O–H groups in total. The number of carbonyl (C=O) groups excluding carboxylic acids is 1. The van der Waals surface area contributed by atoms with Crippen LogP contribution in [0.3, 0.4) is 0 Å². The fourth-order valence-electron chi connectivity index (χ4n) is 3.63. The molecule has 168 valence electrons. The summed E-state index contributed by atoms with van der Waals surface area (Å²) in [7, 11) is -0.551. The molecule has 1 heterocycles. The lowest BCUT2D eigenvalue weighted by atomic mass is 10.1. The van der Waals surface area contributed by atoms with Gasteiger partial charge in [-0.1, -0.05) is 29.8 Å². The molecule has 2 aromatic carbocycles. The Balaban J connectivity index is 2.13. The molecular weight excluding hydrogens is 431 g/mol. The summed E-state index contributed by atoms with van der Waals surface area (Å²) >= 11 is 0. The average molecular weight is 456 g/mol. The van der Waals surface area contributed by atoms with Gasteiger partial charge in [0.05, 0.1) is 4.90 Å². The molecule has 0 unspecified atom stereocenters. The maximum absolute atomic E-state index is 13.4. The van der Waals surface area contributed by atoms with Crippen molar-refractivity contribution in [2.24, 2.45) is 0 Å². The molecule has 6 nitrogen and oxygen atoms in total. The first-order chi connectivity index (χ1) is 14.3. The minimum Gasteiger partial charge on any atom is -0.378 e. The number of anilines is 1. The molecule has 0 bridgehead atoms.